The monoisotopic (exact) mass is 560 g/mol. The molecule has 1 amide bonds. The van der Waals surface area contributed by atoms with Gasteiger partial charge >= 0.3 is 5.91 Å². The van der Waals surface area contributed by atoms with Crippen molar-refractivity contribution in [3.8, 4) is 11.5 Å². The van der Waals surface area contributed by atoms with Gasteiger partial charge < -0.3 is 14.6 Å². The largest absolute Gasteiger partial charge is 0.507 e. The van der Waals surface area contributed by atoms with Crippen molar-refractivity contribution in [2.24, 2.45) is 0 Å². The van der Waals surface area contributed by atoms with Gasteiger partial charge in [-0.2, -0.15) is 0 Å². The van der Waals surface area contributed by atoms with E-state index in [2.05, 4.69) is 11.9 Å². The molecule has 5 rings (SSSR count). The highest BCUT2D eigenvalue weighted by atomic mass is 32.1. The Labute approximate surface area is 235 Å². The summed E-state index contributed by atoms with van der Waals surface area (Å²) in [5.41, 5.74) is 1.38. The molecule has 0 radical (unpaired) electrons. The number of thiazole rings is 1. The minimum Gasteiger partial charge on any atom is -0.507 e. The lowest BCUT2D eigenvalue weighted by atomic mass is 9.95. The van der Waals surface area contributed by atoms with Gasteiger partial charge in [0.1, 0.15) is 23.1 Å². The van der Waals surface area contributed by atoms with Crippen LogP contribution in [0, 0.1) is 5.82 Å². The van der Waals surface area contributed by atoms with Crippen LogP contribution >= 0.6 is 11.3 Å². The van der Waals surface area contributed by atoms with E-state index in [-0.39, 0.29) is 16.5 Å². The molecule has 1 saturated heterocycles. The van der Waals surface area contributed by atoms with Crippen LogP contribution in [0.5, 0.6) is 11.5 Å². The van der Waals surface area contributed by atoms with E-state index in [0.29, 0.717) is 46.1 Å². The molecule has 1 unspecified atom stereocenters. The zero-order chi connectivity index (χ0) is 28.2. The molecule has 40 heavy (non-hydrogen) atoms. The summed E-state index contributed by atoms with van der Waals surface area (Å²) in [5, 5.41) is 11.7. The molecule has 1 atom stereocenters. The number of ether oxygens (including phenoxy) is 2. The number of hydrogen-bond acceptors (Lipinski definition) is 7. The Kier molecular flexibility index (Phi) is 8.11. The fraction of sp³-hybridized carbons (Fsp3) is 0.258. The molecule has 3 aromatic carbocycles. The van der Waals surface area contributed by atoms with Gasteiger partial charge in [0.05, 0.1) is 35.0 Å². The Balaban J connectivity index is 1.63. The van der Waals surface area contributed by atoms with Crippen molar-refractivity contribution in [1.29, 1.82) is 0 Å². The number of aromatic nitrogens is 1. The first kappa shape index (κ1) is 27.3. The number of carbonyl (C=O) groups is 2. The molecule has 0 aliphatic carbocycles. The molecule has 1 aliphatic rings. The zero-order valence-electron chi connectivity index (χ0n) is 22.2. The van der Waals surface area contributed by atoms with E-state index in [1.165, 1.54) is 23.1 Å². The molecule has 9 heteroatoms. The minimum atomic E-state index is -0.976. The van der Waals surface area contributed by atoms with E-state index in [1.54, 1.807) is 48.5 Å². The number of halogens is 1. The third kappa shape index (κ3) is 5.42. The number of rotatable bonds is 10. The van der Waals surface area contributed by atoms with Gasteiger partial charge in [-0.1, -0.05) is 43.7 Å². The highest BCUT2D eigenvalue weighted by Crippen LogP contribution is 2.45. The molecular formula is C31H29FN2O5S. The molecule has 1 N–H and O–H groups in total. The van der Waals surface area contributed by atoms with Crippen LogP contribution in [0.4, 0.5) is 9.52 Å². The number of aliphatic hydroxyl groups is 1. The maximum absolute atomic E-state index is 13.9. The molecule has 0 spiro atoms. The number of anilines is 1. The second-order valence-corrected chi connectivity index (χ2v) is 10.4. The minimum absolute atomic E-state index is 0.0663. The van der Waals surface area contributed by atoms with Crippen LogP contribution < -0.4 is 14.4 Å². The molecule has 1 aliphatic heterocycles. The fourth-order valence-corrected chi connectivity index (χ4v) is 5.54. The third-order valence-electron chi connectivity index (χ3n) is 6.53. The van der Waals surface area contributed by atoms with Gasteiger partial charge in [-0.25, -0.2) is 9.37 Å². The first-order valence-corrected chi connectivity index (χ1v) is 14.1. The van der Waals surface area contributed by atoms with E-state index in [0.717, 1.165) is 30.6 Å². The summed E-state index contributed by atoms with van der Waals surface area (Å²) in [4.78, 5) is 32.8. The number of unbranched alkanes of at least 4 members (excludes halogenated alkanes) is 1. The lowest BCUT2D eigenvalue weighted by Crippen LogP contribution is -2.29. The van der Waals surface area contributed by atoms with Crippen molar-refractivity contribution in [1.82, 2.24) is 4.98 Å². The first-order valence-electron chi connectivity index (χ1n) is 13.2. The number of nitrogens with zero attached hydrogens (tertiary/aromatic N) is 2. The quantitative estimate of drug-likeness (QED) is 0.0970. The van der Waals surface area contributed by atoms with Gasteiger partial charge in [-0.15, -0.1) is 0 Å². The van der Waals surface area contributed by atoms with Crippen LogP contribution in [0.1, 0.15) is 50.3 Å². The second-order valence-electron chi connectivity index (χ2n) is 9.42. The van der Waals surface area contributed by atoms with Gasteiger partial charge in [0.15, 0.2) is 5.13 Å². The average Bonchev–Trinajstić information content (AvgIpc) is 3.49. The van der Waals surface area contributed by atoms with Crippen LogP contribution in [0.15, 0.2) is 72.3 Å². The Morgan fingerprint density at radius 3 is 2.50 bits per heavy atom. The van der Waals surface area contributed by atoms with Crippen LogP contribution in [-0.2, 0) is 9.59 Å². The van der Waals surface area contributed by atoms with Gasteiger partial charge in [-0.3, -0.25) is 14.5 Å². The van der Waals surface area contributed by atoms with E-state index < -0.39 is 23.5 Å². The van der Waals surface area contributed by atoms with E-state index in [4.69, 9.17) is 9.47 Å². The van der Waals surface area contributed by atoms with Crippen LogP contribution in [0.2, 0.25) is 0 Å². The van der Waals surface area contributed by atoms with Crippen molar-refractivity contribution in [2.75, 3.05) is 18.1 Å². The summed E-state index contributed by atoms with van der Waals surface area (Å²) in [6, 6.07) is 17.0. The van der Waals surface area contributed by atoms with E-state index in [1.807, 2.05) is 6.92 Å². The lowest BCUT2D eigenvalue weighted by Gasteiger charge is -2.23. The number of hydrogen-bond donors (Lipinski definition) is 1. The predicted molar refractivity (Wildman–Crippen MR) is 153 cm³/mol. The maximum atomic E-state index is 13.9. The summed E-state index contributed by atoms with van der Waals surface area (Å²) in [6.07, 6.45) is 2.70. The fourth-order valence-electron chi connectivity index (χ4n) is 4.53. The zero-order valence-corrected chi connectivity index (χ0v) is 23.0. The first-order chi connectivity index (χ1) is 19.4. The number of aliphatic hydroxyl groups excluding tert-OH is 1. The number of amides is 1. The molecule has 0 saturated carbocycles. The standard InChI is InChI=1S/C31H29FN2O5S/c1-3-5-16-39-23-8-6-7-20(17-23)27-26(28(35)19-9-12-22(13-10-19)38-15-4-2)29(36)30(37)34(27)31-33-24-14-11-21(32)18-25(24)40-31/h6-14,17-18,27,35H,3-5,15-16H2,1-2H3. The topological polar surface area (TPSA) is 89.0 Å². The summed E-state index contributed by atoms with van der Waals surface area (Å²) in [6.45, 7) is 5.15. The summed E-state index contributed by atoms with van der Waals surface area (Å²) >= 11 is 1.10. The molecule has 7 nitrogen and oxygen atoms in total. The highest BCUT2D eigenvalue weighted by Gasteiger charge is 2.48. The van der Waals surface area contributed by atoms with E-state index in [9.17, 15) is 19.1 Å². The molecule has 2 heterocycles. The van der Waals surface area contributed by atoms with Crippen molar-refractivity contribution in [3.05, 3.63) is 89.2 Å². The molecule has 206 valence electrons. The smallest absolute Gasteiger partial charge is 0.301 e. The molecule has 1 fully saturated rings. The summed E-state index contributed by atoms with van der Waals surface area (Å²) in [7, 11) is 0. The van der Waals surface area contributed by atoms with Crippen LogP contribution in [0.3, 0.4) is 0 Å². The van der Waals surface area contributed by atoms with E-state index >= 15 is 0 Å². The molecule has 1 aromatic heterocycles. The normalized spacial score (nSPS) is 16.6. The predicted octanol–water partition coefficient (Wildman–Crippen LogP) is 7.03. The third-order valence-corrected chi connectivity index (χ3v) is 7.55. The van der Waals surface area contributed by atoms with Crippen molar-refractivity contribution in [2.45, 2.75) is 39.2 Å². The van der Waals surface area contributed by atoms with Crippen molar-refractivity contribution >= 4 is 44.1 Å². The number of ketones is 1. The average molecular weight is 561 g/mol. The van der Waals surface area contributed by atoms with Crippen LogP contribution in [0.25, 0.3) is 16.0 Å². The van der Waals surface area contributed by atoms with Crippen molar-refractivity contribution in [3.63, 3.8) is 0 Å². The highest BCUT2D eigenvalue weighted by molar-refractivity contribution is 7.22. The molecule has 0 bridgehead atoms. The number of benzene rings is 3. The van der Waals surface area contributed by atoms with Gasteiger partial charge in [0, 0.05) is 5.56 Å². The van der Waals surface area contributed by atoms with Gasteiger partial charge in [0.25, 0.3) is 5.78 Å². The van der Waals surface area contributed by atoms with Gasteiger partial charge in [0.2, 0.25) is 0 Å². The Morgan fingerprint density at radius 1 is 0.975 bits per heavy atom. The number of carbonyl (C=O) groups excluding carboxylic acids is 2. The second kappa shape index (κ2) is 11.9. The Bertz CT molecular complexity index is 1580. The van der Waals surface area contributed by atoms with Gasteiger partial charge in [-0.05, 0) is 73.0 Å². The summed E-state index contributed by atoms with van der Waals surface area (Å²) in [5.74, 6) is -1.18. The molecule has 4 aromatic rings. The number of Topliss-reactive ketones (excluding diaryl/α,β-unsaturated/α-hetero) is 1. The SMILES string of the molecule is CCCCOc1cccc(C2C(=C(O)c3ccc(OCCC)cc3)C(=O)C(=O)N2c2nc3ccc(F)cc3s2)c1. The Hall–Kier alpha value is -4.24. The summed E-state index contributed by atoms with van der Waals surface area (Å²) < 4.78 is 26.0. The Morgan fingerprint density at radius 2 is 1.75 bits per heavy atom. The lowest BCUT2D eigenvalue weighted by molar-refractivity contribution is -0.132. The van der Waals surface area contributed by atoms with Crippen molar-refractivity contribution < 1.29 is 28.6 Å². The number of fused-ring (bicyclic) bond motifs is 1. The molecular weight excluding hydrogens is 531 g/mol. The van der Waals surface area contributed by atoms with Crippen LogP contribution in [-0.4, -0.2) is 35.0 Å². The maximum Gasteiger partial charge on any atom is 0.301 e.